The standard InChI is InChI=1S/C17H29NO14S/c1-3-4-28-17-15(24)14(23)12(21)8(32-17)5-29-16-10(18-7(2)19)13(22)11(20)9(31-16)6-30-33(25,26)27/h3,8-17,20-24H,1,4-6H2,2H3,(H,18,19)(H,25,26,27)/t8-,9-,10-,11-,12+,13-,14+,15-,16-,17+/m1/s1. The van der Waals surface area contributed by atoms with Gasteiger partial charge in [0.25, 0.3) is 0 Å². The summed E-state index contributed by atoms with van der Waals surface area (Å²) in [6.45, 7) is 3.12. The van der Waals surface area contributed by atoms with Crippen LogP contribution in [0.3, 0.4) is 0 Å². The van der Waals surface area contributed by atoms with Crippen LogP contribution in [-0.4, -0.2) is 126 Å². The average Bonchev–Trinajstić information content (AvgIpc) is 2.73. The lowest BCUT2D eigenvalue weighted by Crippen LogP contribution is -2.65. The third-order valence-electron chi connectivity index (χ3n) is 4.92. The van der Waals surface area contributed by atoms with Gasteiger partial charge in [-0.1, -0.05) is 6.08 Å². The summed E-state index contributed by atoms with van der Waals surface area (Å²) in [6, 6.07) is -1.34. The van der Waals surface area contributed by atoms with Crippen LogP contribution in [0.25, 0.3) is 0 Å². The molecule has 2 heterocycles. The topological polar surface area (TPSA) is 231 Å². The van der Waals surface area contributed by atoms with Gasteiger partial charge in [0.05, 0.1) is 19.8 Å². The molecule has 2 saturated heterocycles. The van der Waals surface area contributed by atoms with Crippen molar-refractivity contribution < 1.29 is 66.4 Å². The third kappa shape index (κ3) is 7.61. The van der Waals surface area contributed by atoms with Crippen molar-refractivity contribution >= 4 is 16.3 Å². The first-order valence-electron chi connectivity index (χ1n) is 9.80. The summed E-state index contributed by atoms with van der Waals surface area (Å²) in [4.78, 5) is 11.5. The Kier molecular flexibility index (Phi) is 10.1. The van der Waals surface area contributed by atoms with Crippen molar-refractivity contribution in [3.05, 3.63) is 12.7 Å². The highest BCUT2D eigenvalue weighted by molar-refractivity contribution is 7.80. The van der Waals surface area contributed by atoms with E-state index in [1.165, 1.54) is 6.08 Å². The van der Waals surface area contributed by atoms with E-state index in [9.17, 15) is 38.7 Å². The maximum Gasteiger partial charge on any atom is 0.397 e. The quantitative estimate of drug-likeness (QED) is 0.111. The maximum atomic E-state index is 11.5. The van der Waals surface area contributed by atoms with Gasteiger partial charge in [0.15, 0.2) is 12.6 Å². The maximum absolute atomic E-state index is 11.5. The fourth-order valence-electron chi connectivity index (χ4n) is 3.30. The molecule has 2 aliphatic rings. The molecule has 1 amide bonds. The second-order valence-electron chi connectivity index (χ2n) is 7.43. The van der Waals surface area contributed by atoms with Crippen LogP contribution < -0.4 is 5.32 Å². The van der Waals surface area contributed by atoms with Gasteiger partial charge in [-0.25, -0.2) is 4.18 Å². The predicted molar refractivity (Wildman–Crippen MR) is 105 cm³/mol. The first-order chi connectivity index (χ1) is 15.4. The first-order valence-corrected chi connectivity index (χ1v) is 11.2. The number of hydrogen-bond donors (Lipinski definition) is 7. The molecule has 0 aromatic heterocycles. The van der Waals surface area contributed by atoms with Crippen molar-refractivity contribution in [2.24, 2.45) is 0 Å². The Bertz CT molecular complexity index is 765. The van der Waals surface area contributed by atoms with Crippen LogP contribution in [0.2, 0.25) is 0 Å². The predicted octanol–water partition coefficient (Wildman–Crippen LogP) is -4.22. The summed E-state index contributed by atoms with van der Waals surface area (Å²) in [5.41, 5.74) is 0. The van der Waals surface area contributed by atoms with Crippen LogP contribution in [-0.2, 0) is 38.3 Å². The molecule has 192 valence electrons. The summed E-state index contributed by atoms with van der Waals surface area (Å²) in [5.74, 6) is -0.624. The van der Waals surface area contributed by atoms with Gasteiger partial charge in [-0.2, -0.15) is 8.42 Å². The van der Waals surface area contributed by atoms with Crippen molar-refractivity contribution in [2.45, 2.75) is 68.3 Å². The highest BCUT2D eigenvalue weighted by atomic mass is 32.3. The molecule has 10 atom stereocenters. The number of rotatable bonds is 10. The van der Waals surface area contributed by atoms with E-state index in [1.807, 2.05) is 0 Å². The molecule has 2 aliphatic heterocycles. The van der Waals surface area contributed by atoms with Gasteiger partial charge >= 0.3 is 10.4 Å². The lowest BCUT2D eigenvalue weighted by atomic mass is 9.96. The van der Waals surface area contributed by atoms with Gasteiger partial charge < -0.3 is 49.8 Å². The Morgan fingerprint density at radius 3 is 2.09 bits per heavy atom. The van der Waals surface area contributed by atoms with E-state index < -0.39 is 90.9 Å². The molecule has 16 heteroatoms. The molecule has 0 spiro atoms. The molecule has 0 bridgehead atoms. The minimum atomic E-state index is -4.89. The Morgan fingerprint density at radius 1 is 0.939 bits per heavy atom. The summed E-state index contributed by atoms with van der Waals surface area (Å²) < 4.78 is 56.1. The molecule has 0 saturated carbocycles. The van der Waals surface area contributed by atoms with Crippen LogP contribution in [0.15, 0.2) is 12.7 Å². The Balaban J connectivity index is 2.12. The monoisotopic (exact) mass is 503 g/mol. The molecule has 0 aliphatic carbocycles. The molecule has 0 aromatic carbocycles. The molecule has 33 heavy (non-hydrogen) atoms. The Hall–Kier alpha value is -1.28. The molecule has 0 aromatic rings. The van der Waals surface area contributed by atoms with E-state index >= 15 is 0 Å². The van der Waals surface area contributed by atoms with Crippen molar-refractivity contribution in [3.8, 4) is 0 Å². The molecular formula is C17H29NO14S. The average molecular weight is 503 g/mol. The lowest BCUT2D eigenvalue weighted by Gasteiger charge is -2.44. The van der Waals surface area contributed by atoms with Crippen LogP contribution in [0.5, 0.6) is 0 Å². The number of ether oxygens (including phenoxy) is 4. The van der Waals surface area contributed by atoms with E-state index in [2.05, 4.69) is 16.1 Å². The van der Waals surface area contributed by atoms with Gasteiger partial charge in [-0.3, -0.25) is 9.35 Å². The molecule has 0 unspecified atom stereocenters. The van der Waals surface area contributed by atoms with E-state index in [4.69, 9.17) is 23.5 Å². The second kappa shape index (κ2) is 11.9. The number of nitrogens with one attached hydrogen (secondary N) is 1. The summed E-state index contributed by atoms with van der Waals surface area (Å²) in [6.07, 6.45) is -12.6. The largest absolute Gasteiger partial charge is 0.397 e. The van der Waals surface area contributed by atoms with E-state index in [0.29, 0.717) is 0 Å². The minimum Gasteiger partial charge on any atom is -0.388 e. The highest BCUT2D eigenvalue weighted by Gasteiger charge is 2.48. The molecule has 0 radical (unpaired) electrons. The molecule has 2 fully saturated rings. The van der Waals surface area contributed by atoms with Gasteiger partial charge in [0, 0.05) is 6.92 Å². The van der Waals surface area contributed by atoms with Crippen molar-refractivity contribution in [3.63, 3.8) is 0 Å². The second-order valence-corrected chi connectivity index (χ2v) is 8.52. The van der Waals surface area contributed by atoms with Crippen molar-refractivity contribution in [1.29, 1.82) is 0 Å². The number of carbonyl (C=O) groups is 1. The Labute approximate surface area is 189 Å². The van der Waals surface area contributed by atoms with Crippen LogP contribution in [0.4, 0.5) is 0 Å². The normalized spacial score (nSPS) is 39.7. The van der Waals surface area contributed by atoms with Gasteiger partial charge in [-0.15, -0.1) is 6.58 Å². The summed E-state index contributed by atoms with van der Waals surface area (Å²) >= 11 is 0. The molecule has 15 nitrogen and oxygen atoms in total. The molecular weight excluding hydrogens is 474 g/mol. The van der Waals surface area contributed by atoms with Crippen LogP contribution >= 0.6 is 0 Å². The minimum absolute atomic E-state index is 0.0337. The number of aliphatic hydroxyl groups excluding tert-OH is 5. The highest BCUT2D eigenvalue weighted by Crippen LogP contribution is 2.26. The van der Waals surface area contributed by atoms with E-state index in [0.717, 1.165) is 6.92 Å². The lowest BCUT2D eigenvalue weighted by molar-refractivity contribution is -0.318. The number of amides is 1. The molecule has 7 N–H and O–H groups in total. The van der Waals surface area contributed by atoms with E-state index in [1.54, 1.807) is 0 Å². The zero-order valence-electron chi connectivity index (χ0n) is 17.5. The zero-order valence-corrected chi connectivity index (χ0v) is 18.4. The first kappa shape index (κ1) is 28.0. The van der Waals surface area contributed by atoms with Gasteiger partial charge in [0.1, 0.15) is 48.8 Å². The fraction of sp³-hybridized carbons (Fsp3) is 0.824. The van der Waals surface area contributed by atoms with Gasteiger partial charge in [-0.05, 0) is 0 Å². The van der Waals surface area contributed by atoms with E-state index in [-0.39, 0.29) is 6.61 Å². The SMILES string of the molecule is C=CCO[C@H]1O[C@H](CO[C@@H]2O[C@H](COS(=O)(=O)O)[C@@H](O)[C@H](O)[C@H]2NC(C)=O)[C@H](O)[C@H](O)[C@H]1O. The van der Waals surface area contributed by atoms with Gasteiger partial charge in [0.2, 0.25) is 5.91 Å². The van der Waals surface area contributed by atoms with Crippen LogP contribution in [0.1, 0.15) is 6.92 Å². The summed E-state index contributed by atoms with van der Waals surface area (Å²) in [7, 11) is -4.89. The summed E-state index contributed by atoms with van der Waals surface area (Å²) in [5, 5.41) is 53.1. The van der Waals surface area contributed by atoms with Crippen LogP contribution in [0, 0.1) is 0 Å². The zero-order chi connectivity index (χ0) is 24.9. The number of carbonyl (C=O) groups excluding carboxylic acids is 1. The smallest absolute Gasteiger partial charge is 0.388 e. The van der Waals surface area contributed by atoms with Crippen molar-refractivity contribution in [1.82, 2.24) is 5.32 Å². The third-order valence-corrected chi connectivity index (χ3v) is 5.36. The fourth-order valence-corrected chi connectivity index (χ4v) is 3.60. The number of aliphatic hydroxyl groups is 5. The molecule has 2 rings (SSSR count). The Morgan fingerprint density at radius 2 is 1.52 bits per heavy atom. The number of hydrogen-bond acceptors (Lipinski definition) is 13. The van der Waals surface area contributed by atoms with Crippen molar-refractivity contribution in [2.75, 3.05) is 19.8 Å².